The van der Waals surface area contributed by atoms with Crippen molar-refractivity contribution in [1.82, 2.24) is 14.8 Å². The fourth-order valence-electron chi connectivity index (χ4n) is 5.71. The van der Waals surface area contributed by atoms with E-state index in [2.05, 4.69) is 69.4 Å². The molecule has 5 heteroatoms. The Hall–Kier alpha value is -3.12. The van der Waals surface area contributed by atoms with Gasteiger partial charge in [0.1, 0.15) is 18.5 Å². The third kappa shape index (κ3) is 4.85. The minimum absolute atomic E-state index is 0.300. The van der Waals surface area contributed by atoms with Crippen LogP contribution in [0.3, 0.4) is 0 Å². The summed E-state index contributed by atoms with van der Waals surface area (Å²) in [4.78, 5) is 8.34. The summed E-state index contributed by atoms with van der Waals surface area (Å²) in [5, 5.41) is 14.5. The summed E-state index contributed by atoms with van der Waals surface area (Å²) in [6.07, 6.45) is 8.14. The number of aliphatic hydroxyl groups excluding tert-OH is 1. The van der Waals surface area contributed by atoms with Crippen molar-refractivity contribution in [2.45, 2.75) is 37.6 Å². The molecule has 1 saturated heterocycles. The Morgan fingerprint density at radius 2 is 1.69 bits per heavy atom. The van der Waals surface area contributed by atoms with Crippen LogP contribution in [0.15, 0.2) is 85.1 Å². The van der Waals surface area contributed by atoms with Gasteiger partial charge < -0.3 is 14.8 Å². The van der Waals surface area contributed by atoms with E-state index < -0.39 is 6.10 Å². The number of hydrogen-bond donors (Lipinski definition) is 2. The van der Waals surface area contributed by atoms with Crippen molar-refractivity contribution in [1.29, 1.82) is 0 Å². The molecule has 0 amide bonds. The van der Waals surface area contributed by atoms with Gasteiger partial charge in [-0.15, -0.1) is 0 Å². The van der Waals surface area contributed by atoms with Gasteiger partial charge in [-0.2, -0.15) is 0 Å². The van der Waals surface area contributed by atoms with Crippen LogP contribution in [0.1, 0.15) is 18.4 Å². The number of nitrogens with zero attached hydrogens (tertiary/aromatic N) is 2. The Kier molecular flexibility index (Phi) is 6.30. The summed E-state index contributed by atoms with van der Waals surface area (Å²) >= 11 is 0. The topological polar surface area (TPSA) is 51.7 Å². The number of hydrogen-bond acceptors (Lipinski definition) is 4. The number of piperazine rings is 1. The molecule has 1 fully saturated rings. The van der Waals surface area contributed by atoms with E-state index in [1.165, 1.54) is 16.3 Å². The number of aromatic nitrogens is 1. The summed E-state index contributed by atoms with van der Waals surface area (Å²) in [5.41, 5.74) is 2.43. The van der Waals surface area contributed by atoms with Crippen LogP contribution < -0.4 is 4.74 Å². The summed E-state index contributed by atoms with van der Waals surface area (Å²) in [5.74, 6) is 0.821. The smallest absolute Gasteiger partial charge is 0.128 e. The third-order valence-electron chi connectivity index (χ3n) is 7.54. The quantitative estimate of drug-likeness (QED) is 0.377. The Labute approximate surface area is 206 Å². The highest BCUT2D eigenvalue weighted by Gasteiger charge is 2.34. The summed E-state index contributed by atoms with van der Waals surface area (Å²) in [7, 11) is 0. The SMILES string of the molecule is O[C@@H](COc1cccc2[nH]ccc12)CN1C[C@@H]2C/C=C\C[C@H]1CN2Cc1ccc2ccccc2c1. The van der Waals surface area contributed by atoms with Gasteiger partial charge in [-0.3, -0.25) is 9.80 Å². The molecule has 3 aromatic carbocycles. The molecule has 0 unspecified atom stereocenters. The van der Waals surface area contributed by atoms with Crippen LogP contribution in [-0.4, -0.2) is 64.3 Å². The van der Waals surface area contributed by atoms with Crippen molar-refractivity contribution in [2.24, 2.45) is 0 Å². The van der Waals surface area contributed by atoms with E-state index in [0.29, 0.717) is 25.2 Å². The number of aromatic amines is 1. The van der Waals surface area contributed by atoms with Crippen LogP contribution in [-0.2, 0) is 6.54 Å². The molecule has 180 valence electrons. The number of aliphatic hydroxyl groups is 1. The second-order valence-electron chi connectivity index (χ2n) is 9.98. The van der Waals surface area contributed by atoms with Crippen molar-refractivity contribution < 1.29 is 9.84 Å². The molecule has 3 atom stereocenters. The van der Waals surface area contributed by atoms with Gasteiger partial charge in [0, 0.05) is 55.4 Å². The first-order valence-electron chi connectivity index (χ1n) is 12.7. The van der Waals surface area contributed by atoms with Gasteiger partial charge in [-0.05, 0) is 53.4 Å². The molecule has 0 radical (unpaired) electrons. The Morgan fingerprint density at radius 3 is 2.57 bits per heavy atom. The number of fused-ring (bicyclic) bond motifs is 6. The fourth-order valence-corrected chi connectivity index (χ4v) is 5.71. The molecule has 5 nitrogen and oxygen atoms in total. The van der Waals surface area contributed by atoms with Crippen molar-refractivity contribution in [3.8, 4) is 5.75 Å². The van der Waals surface area contributed by atoms with Crippen LogP contribution in [0.25, 0.3) is 21.7 Å². The molecule has 0 aliphatic carbocycles. The van der Waals surface area contributed by atoms with Crippen LogP contribution in [0.2, 0.25) is 0 Å². The predicted molar refractivity (Wildman–Crippen MR) is 142 cm³/mol. The zero-order valence-corrected chi connectivity index (χ0v) is 20.0. The lowest BCUT2D eigenvalue weighted by atomic mass is 9.96. The van der Waals surface area contributed by atoms with Crippen LogP contribution in [0, 0.1) is 0 Å². The van der Waals surface area contributed by atoms with Gasteiger partial charge in [-0.25, -0.2) is 0 Å². The standard InChI is InChI=1S/C30H33N3O2/c34-27(21-35-30-11-5-10-29-28(30)14-15-31-29)20-33-19-25-8-3-4-9-26(33)18-32(25)17-22-12-13-23-6-1-2-7-24(23)16-22/h1-7,10-16,25-27,31,34H,8-9,17-21H2/b4-3-/t25-,26-,27+/m0/s1. The minimum Gasteiger partial charge on any atom is -0.490 e. The van der Waals surface area contributed by atoms with Crippen molar-refractivity contribution in [3.05, 3.63) is 90.6 Å². The van der Waals surface area contributed by atoms with Crippen LogP contribution in [0.5, 0.6) is 5.75 Å². The lowest BCUT2D eigenvalue weighted by Crippen LogP contribution is -2.59. The fraction of sp³-hybridized carbons (Fsp3) is 0.333. The van der Waals surface area contributed by atoms with Crippen LogP contribution >= 0.6 is 0 Å². The highest BCUT2D eigenvalue weighted by molar-refractivity contribution is 5.85. The van der Waals surface area contributed by atoms with E-state index in [9.17, 15) is 5.11 Å². The second kappa shape index (κ2) is 9.86. The molecular weight excluding hydrogens is 434 g/mol. The summed E-state index contributed by atoms with van der Waals surface area (Å²) < 4.78 is 6.03. The molecule has 7 rings (SSSR count). The van der Waals surface area contributed by atoms with Gasteiger partial charge in [0.15, 0.2) is 0 Å². The van der Waals surface area contributed by atoms with Gasteiger partial charge in [0.25, 0.3) is 0 Å². The van der Waals surface area contributed by atoms with Gasteiger partial charge in [0.2, 0.25) is 0 Å². The molecule has 0 spiro atoms. The number of benzene rings is 3. The van der Waals surface area contributed by atoms with Crippen molar-refractivity contribution in [3.63, 3.8) is 0 Å². The maximum absolute atomic E-state index is 10.9. The van der Waals surface area contributed by atoms with Gasteiger partial charge >= 0.3 is 0 Å². The molecule has 2 bridgehead atoms. The summed E-state index contributed by atoms with van der Waals surface area (Å²) in [6.45, 7) is 3.92. The molecule has 3 aliphatic heterocycles. The lowest BCUT2D eigenvalue weighted by Gasteiger charge is -2.47. The first-order valence-corrected chi connectivity index (χ1v) is 12.7. The second-order valence-corrected chi connectivity index (χ2v) is 9.98. The Bertz CT molecular complexity index is 1330. The molecule has 4 aromatic rings. The zero-order valence-electron chi connectivity index (χ0n) is 20.0. The maximum atomic E-state index is 10.9. The highest BCUT2D eigenvalue weighted by Crippen LogP contribution is 2.27. The zero-order chi connectivity index (χ0) is 23.6. The molecule has 3 aliphatic rings. The van der Waals surface area contributed by atoms with E-state index in [1.54, 1.807) is 0 Å². The number of H-pyrrole nitrogens is 1. The molecule has 4 heterocycles. The molecule has 0 saturated carbocycles. The molecular formula is C30H33N3O2. The first kappa shape index (κ1) is 22.4. The maximum Gasteiger partial charge on any atom is 0.128 e. The first-order chi connectivity index (χ1) is 17.2. The minimum atomic E-state index is -0.525. The third-order valence-corrected chi connectivity index (χ3v) is 7.54. The number of nitrogens with one attached hydrogen (secondary N) is 1. The normalized spacial score (nSPS) is 22.8. The van der Waals surface area contributed by atoms with Crippen molar-refractivity contribution in [2.75, 3.05) is 26.2 Å². The van der Waals surface area contributed by atoms with Crippen molar-refractivity contribution >= 4 is 21.7 Å². The number of rotatable bonds is 7. The molecule has 35 heavy (non-hydrogen) atoms. The molecule has 1 aromatic heterocycles. The molecule has 2 N–H and O–H groups in total. The lowest BCUT2D eigenvalue weighted by molar-refractivity contribution is -0.0124. The van der Waals surface area contributed by atoms with E-state index in [1.807, 2.05) is 30.5 Å². The van der Waals surface area contributed by atoms with E-state index in [-0.39, 0.29) is 0 Å². The average Bonchev–Trinajstić information content (AvgIpc) is 3.34. The Balaban J connectivity index is 1.10. The van der Waals surface area contributed by atoms with E-state index in [0.717, 1.165) is 49.1 Å². The largest absolute Gasteiger partial charge is 0.490 e. The summed E-state index contributed by atoms with van der Waals surface area (Å²) in [6, 6.07) is 24.3. The van der Waals surface area contributed by atoms with E-state index in [4.69, 9.17) is 4.74 Å². The number of ether oxygens (including phenoxy) is 1. The van der Waals surface area contributed by atoms with Crippen LogP contribution in [0.4, 0.5) is 0 Å². The Morgan fingerprint density at radius 1 is 0.886 bits per heavy atom. The van der Waals surface area contributed by atoms with Gasteiger partial charge in [0.05, 0.1) is 0 Å². The average molecular weight is 468 g/mol. The van der Waals surface area contributed by atoms with Gasteiger partial charge in [-0.1, -0.05) is 54.6 Å². The highest BCUT2D eigenvalue weighted by atomic mass is 16.5. The monoisotopic (exact) mass is 467 g/mol. The predicted octanol–water partition coefficient (Wildman–Crippen LogP) is 4.97. The van der Waals surface area contributed by atoms with E-state index >= 15 is 0 Å².